The highest BCUT2D eigenvalue weighted by Crippen LogP contribution is 2.30. The summed E-state index contributed by atoms with van der Waals surface area (Å²) in [6.45, 7) is 4.84. The molecule has 0 bridgehead atoms. The second-order valence-electron chi connectivity index (χ2n) is 5.62. The summed E-state index contributed by atoms with van der Waals surface area (Å²) < 4.78 is 0. The number of nitrogens with zero attached hydrogens (tertiary/aromatic N) is 1. The van der Waals surface area contributed by atoms with Crippen LogP contribution in [-0.4, -0.2) is 16.8 Å². The molecule has 0 radical (unpaired) electrons. The van der Waals surface area contributed by atoms with Gasteiger partial charge in [0.2, 0.25) is 0 Å². The fraction of sp³-hybridized carbons (Fsp3) is 0.353. The van der Waals surface area contributed by atoms with Gasteiger partial charge in [-0.15, -0.1) is 11.3 Å². The molecular weight excluding hydrogens is 266 g/mol. The zero-order valence-electron chi connectivity index (χ0n) is 11.9. The van der Waals surface area contributed by atoms with Crippen molar-refractivity contribution in [2.75, 3.05) is 0 Å². The maximum atomic E-state index is 12.8. The van der Waals surface area contributed by atoms with Gasteiger partial charge in [-0.2, -0.15) is 0 Å². The van der Waals surface area contributed by atoms with E-state index in [-0.39, 0.29) is 5.91 Å². The first-order valence-electron chi connectivity index (χ1n) is 7.05. The molecule has 1 aromatic heterocycles. The number of amides is 1. The lowest BCUT2D eigenvalue weighted by Gasteiger charge is -2.22. The Balaban J connectivity index is 1.85. The average molecular weight is 285 g/mol. The van der Waals surface area contributed by atoms with Crippen LogP contribution in [0.1, 0.15) is 39.2 Å². The van der Waals surface area contributed by atoms with E-state index in [0.717, 1.165) is 36.1 Å². The number of carbonyl (C=O) groups is 1. The Morgan fingerprint density at radius 3 is 2.50 bits per heavy atom. The molecule has 2 aromatic rings. The van der Waals surface area contributed by atoms with Crippen LogP contribution in [0, 0.1) is 13.8 Å². The van der Waals surface area contributed by atoms with Crippen LogP contribution in [-0.2, 0) is 6.54 Å². The van der Waals surface area contributed by atoms with E-state index < -0.39 is 0 Å². The van der Waals surface area contributed by atoms with Crippen molar-refractivity contribution in [1.82, 2.24) is 4.90 Å². The Hall–Kier alpha value is -1.61. The number of hydrogen-bond donors (Lipinski definition) is 0. The van der Waals surface area contributed by atoms with Crippen molar-refractivity contribution >= 4 is 17.2 Å². The molecule has 3 heteroatoms. The lowest BCUT2D eigenvalue weighted by atomic mass is 10.1. The third-order valence-corrected chi connectivity index (χ3v) is 4.48. The van der Waals surface area contributed by atoms with Crippen LogP contribution in [0.4, 0.5) is 0 Å². The molecule has 1 heterocycles. The maximum Gasteiger partial charge on any atom is 0.254 e. The quantitative estimate of drug-likeness (QED) is 0.825. The number of carbonyl (C=O) groups excluding carboxylic acids is 1. The Morgan fingerprint density at radius 1 is 1.25 bits per heavy atom. The van der Waals surface area contributed by atoms with Gasteiger partial charge in [-0.05, 0) is 50.3 Å². The van der Waals surface area contributed by atoms with Gasteiger partial charge in [0.1, 0.15) is 0 Å². The Morgan fingerprint density at radius 2 is 1.95 bits per heavy atom. The van der Waals surface area contributed by atoms with Crippen molar-refractivity contribution in [3.05, 3.63) is 57.3 Å². The Kier molecular flexibility index (Phi) is 3.62. The van der Waals surface area contributed by atoms with Gasteiger partial charge >= 0.3 is 0 Å². The van der Waals surface area contributed by atoms with Crippen LogP contribution < -0.4 is 0 Å². The first-order valence-corrected chi connectivity index (χ1v) is 7.93. The van der Waals surface area contributed by atoms with E-state index in [2.05, 4.69) is 17.5 Å². The molecule has 0 atom stereocenters. The van der Waals surface area contributed by atoms with Gasteiger partial charge in [-0.25, -0.2) is 0 Å². The largest absolute Gasteiger partial charge is 0.331 e. The number of aryl methyl sites for hydroxylation is 2. The summed E-state index contributed by atoms with van der Waals surface area (Å²) in [5, 5.41) is 2.07. The minimum Gasteiger partial charge on any atom is -0.331 e. The molecule has 0 spiro atoms. The van der Waals surface area contributed by atoms with Gasteiger partial charge in [0.15, 0.2) is 0 Å². The van der Waals surface area contributed by atoms with Crippen LogP contribution in [0.2, 0.25) is 0 Å². The minimum absolute atomic E-state index is 0.174. The lowest BCUT2D eigenvalue weighted by Crippen LogP contribution is -2.32. The van der Waals surface area contributed by atoms with Gasteiger partial charge < -0.3 is 4.90 Å². The summed E-state index contributed by atoms with van der Waals surface area (Å²) in [6, 6.07) is 10.7. The molecule has 1 fully saturated rings. The van der Waals surface area contributed by atoms with Gasteiger partial charge in [-0.1, -0.05) is 23.3 Å². The third-order valence-electron chi connectivity index (χ3n) is 3.62. The van der Waals surface area contributed by atoms with Gasteiger partial charge in [0, 0.05) is 16.5 Å². The molecule has 1 aromatic carbocycles. The van der Waals surface area contributed by atoms with Crippen molar-refractivity contribution in [3.8, 4) is 0 Å². The van der Waals surface area contributed by atoms with Gasteiger partial charge in [0.25, 0.3) is 5.91 Å². The molecular formula is C17H19NOS. The van der Waals surface area contributed by atoms with E-state index in [4.69, 9.17) is 0 Å². The van der Waals surface area contributed by atoms with E-state index in [1.165, 1.54) is 4.88 Å². The normalized spacial score (nSPS) is 14.3. The molecule has 2 nitrogen and oxygen atoms in total. The van der Waals surface area contributed by atoms with Crippen molar-refractivity contribution in [1.29, 1.82) is 0 Å². The van der Waals surface area contributed by atoms with Crippen LogP contribution in [0.3, 0.4) is 0 Å². The first-order chi connectivity index (χ1) is 9.63. The molecule has 1 saturated carbocycles. The fourth-order valence-electron chi connectivity index (χ4n) is 2.59. The van der Waals surface area contributed by atoms with E-state index in [9.17, 15) is 4.79 Å². The summed E-state index contributed by atoms with van der Waals surface area (Å²) in [7, 11) is 0. The zero-order valence-corrected chi connectivity index (χ0v) is 12.7. The molecule has 104 valence electrons. The van der Waals surface area contributed by atoms with E-state index in [1.807, 2.05) is 36.9 Å². The average Bonchev–Trinajstić information content (AvgIpc) is 3.11. The molecule has 0 unspecified atom stereocenters. The van der Waals surface area contributed by atoms with E-state index in [0.29, 0.717) is 6.04 Å². The summed E-state index contributed by atoms with van der Waals surface area (Å²) in [6.07, 6.45) is 2.28. The van der Waals surface area contributed by atoms with Crippen LogP contribution in [0.5, 0.6) is 0 Å². The standard InChI is InChI=1S/C17H19NOS/c1-12-8-13(2)10-14(9-12)17(19)18(15-5-6-15)11-16-4-3-7-20-16/h3-4,7-10,15H,5-6,11H2,1-2H3. The highest BCUT2D eigenvalue weighted by molar-refractivity contribution is 7.09. The second kappa shape index (κ2) is 5.41. The van der Waals surface area contributed by atoms with Gasteiger partial charge in [-0.3, -0.25) is 4.79 Å². The monoisotopic (exact) mass is 285 g/mol. The SMILES string of the molecule is Cc1cc(C)cc(C(=O)N(Cc2cccs2)C2CC2)c1. The molecule has 0 N–H and O–H groups in total. The molecule has 1 amide bonds. The lowest BCUT2D eigenvalue weighted by molar-refractivity contribution is 0.0731. The minimum atomic E-state index is 0.174. The molecule has 1 aliphatic rings. The third kappa shape index (κ3) is 2.93. The van der Waals surface area contributed by atoms with Crippen molar-refractivity contribution < 1.29 is 4.79 Å². The van der Waals surface area contributed by atoms with Crippen molar-refractivity contribution in [2.24, 2.45) is 0 Å². The zero-order chi connectivity index (χ0) is 14.1. The Bertz CT molecular complexity index is 594. The maximum absolute atomic E-state index is 12.8. The van der Waals surface area contributed by atoms with Crippen LogP contribution in [0.15, 0.2) is 35.7 Å². The highest BCUT2D eigenvalue weighted by atomic mass is 32.1. The summed E-state index contributed by atoms with van der Waals surface area (Å²) in [5.41, 5.74) is 3.13. The van der Waals surface area contributed by atoms with Crippen molar-refractivity contribution in [2.45, 2.75) is 39.3 Å². The summed E-state index contributed by atoms with van der Waals surface area (Å²) in [5.74, 6) is 0.174. The molecule has 0 aliphatic heterocycles. The molecule has 0 saturated heterocycles. The predicted octanol–water partition coefficient (Wildman–Crippen LogP) is 4.17. The van der Waals surface area contributed by atoms with Crippen molar-refractivity contribution in [3.63, 3.8) is 0 Å². The van der Waals surface area contributed by atoms with Gasteiger partial charge in [0.05, 0.1) is 6.54 Å². The number of hydrogen-bond acceptors (Lipinski definition) is 2. The van der Waals surface area contributed by atoms with E-state index in [1.54, 1.807) is 11.3 Å². The predicted molar refractivity (Wildman–Crippen MR) is 83.1 cm³/mol. The second-order valence-corrected chi connectivity index (χ2v) is 6.65. The highest BCUT2D eigenvalue weighted by Gasteiger charge is 2.33. The fourth-order valence-corrected chi connectivity index (χ4v) is 3.29. The summed E-state index contributed by atoms with van der Waals surface area (Å²) >= 11 is 1.72. The smallest absolute Gasteiger partial charge is 0.254 e. The summed E-state index contributed by atoms with van der Waals surface area (Å²) in [4.78, 5) is 16.1. The number of rotatable bonds is 4. The van der Waals surface area contributed by atoms with Crippen LogP contribution >= 0.6 is 11.3 Å². The Labute approximate surface area is 124 Å². The number of thiophene rings is 1. The molecule has 3 rings (SSSR count). The molecule has 1 aliphatic carbocycles. The van der Waals surface area contributed by atoms with E-state index >= 15 is 0 Å². The molecule has 20 heavy (non-hydrogen) atoms. The number of benzene rings is 1. The first kappa shape index (κ1) is 13.4. The topological polar surface area (TPSA) is 20.3 Å². The van der Waals surface area contributed by atoms with Crippen LogP contribution in [0.25, 0.3) is 0 Å².